The van der Waals surface area contributed by atoms with Crippen LogP contribution in [0, 0.1) is 0 Å². The summed E-state index contributed by atoms with van der Waals surface area (Å²) in [5.41, 5.74) is 7.20. The lowest BCUT2D eigenvalue weighted by atomic mass is 10.2. The molecule has 0 saturated heterocycles. The molecule has 7 heteroatoms. The Kier molecular flexibility index (Phi) is 4.11. The van der Waals surface area contributed by atoms with E-state index in [1.54, 1.807) is 23.6 Å². The van der Waals surface area contributed by atoms with Crippen molar-refractivity contribution in [3.63, 3.8) is 0 Å². The van der Waals surface area contributed by atoms with Crippen molar-refractivity contribution in [2.45, 2.75) is 32.9 Å². The predicted octanol–water partition coefficient (Wildman–Crippen LogP) is 3.01. The van der Waals surface area contributed by atoms with Gasteiger partial charge in [-0.25, -0.2) is 4.98 Å². The van der Waals surface area contributed by atoms with Crippen LogP contribution in [0.1, 0.15) is 26.8 Å². The summed E-state index contributed by atoms with van der Waals surface area (Å²) in [6.45, 7) is 5.56. The van der Waals surface area contributed by atoms with E-state index in [-0.39, 0.29) is 17.9 Å². The van der Waals surface area contributed by atoms with Gasteiger partial charge in [-0.15, -0.1) is 0 Å². The first-order valence-corrected chi connectivity index (χ1v) is 6.99. The van der Waals surface area contributed by atoms with Gasteiger partial charge in [-0.2, -0.15) is 0 Å². The second-order valence-corrected chi connectivity index (χ2v) is 5.75. The van der Waals surface area contributed by atoms with Crippen LogP contribution < -0.4 is 11.1 Å². The summed E-state index contributed by atoms with van der Waals surface area (Å²) in [5, 5.41) is 3.65. The molecule has 1 amide bonds. The number of nitrogens with one attached hydrogen (secondary N) is 1. The minimum atomic E-state index is -0.486. The second-order valence-electron chi connectivity index (χ2n) is 4.93. The Morgan fingerprint density at radius 3 is 2.50 bits per heavy atom. The number of nitrogens with zero attached hydrogens (tertiary/aromatic N) is 2. The number of aromatic nitrogens is 2. The number of carbonyl (C=O) groups is 1. The maximum atomic E-state index is 12.1. The van der Waals surface area contributed by atoms with Crippen molar-refractivity contribution < 1.29 is 4.79 Å². The molecule has 0 saturated carbocycles. The molecule has 0 spiro atoms. The average Bonchev–Trinajstić information content (AvgIpc) is 2.63. The average molecular weight is 315 g/mol. The number of hydrogen-bond acceptors (Lipinski definition) is 3. The van der Waals surface area contributed by atoms with Gasteiger partial charge in [0.25, 0.3) is 0 Å². The second kappa shape index (κ2) is 5.50. The highest BCUT2D eigenvalue weighted by molar-refractivity contribution is 6.42. The molecule has 2 aromatic rings. The molecule has 1 atom stereocenters. The summed E-state index contributed by atoms with van der Waals surface area (Å²) in [7, 11) is 0. The van der Waals surface area contributed by atoms with Gasteiger partial charge in [-0.05, 0) is 32.9 Å². The highest BCUT2D eigenvalue weighted by atomic mass is 35.5. The maximum absolute atomic E-state index is 12.1. The number of nitrogen functional groups attached to an aromatic ring is 1. The topological polar surface area (TPSA) is 72.9 Å². The molecule has 2 rings (SSSR count). The number of imidazole rings is 1. The van der Waals surface area contributed by atoms with Crippen molar-refractivity contribution in [1.82, 2.24) is 14.9 Å². The van der Waals surface area contributed by atoms with Gasteiger partial charge in [0.1, 0.15) is 6.04 Å². The largest absolute Gasteiger partial charge is 0.369 e. The molecule has 5 nitrogen and oxygen atoms in total. The highest BCUT2D eigenvalue weighted by Crippen LogP contribution is 2.30. The molecular weight excluding hydrogens is 299 g/mol. The van der Waals surface area contributed by atoms with Crippen LogP contribution in [0.5, 0.6) is 0 Å². The Morgan fingerprint density at radius 2 is 1.90 bits per heavy atom. The van der Waals surface area contributed by atoms with Crippen LogP contribution in [-0.4, -0.2) is 21.5 Å². The van der Waals surface area contributed by atoms with Crippen LogP contribution in [0.2, 0.25) is 10.0 Å². The lowest BCUT2D eigenvalue weighted by Gasteiger charge is -2.17. The Hall–Kier alpha value is -1.46. The molecule has 0 fully saturated rings. The lowest BCUT2D eigenvalue weighted by Crippen LogP contribution is -2.36. The maximum Gasteiger partial charge on any atom is 0.243 e. The third-order valence-corrected chi connectivity index (χ3v) is 3.68. The number of nitrogens with two attached hydrogens (primary N) is 1. The molecule has 0 bridgehead atoms. The third kappa shape index (κ3) is 2.69. The van der Waals surface area contributed by atoms with E-state index < -0.39 is 6.04 Å². The number of hydrogen-bond donors (Lipinski definition) is 2. The molecule has 108 valence electrons. The van der Waals surface area contributed by atoms with E-state index in [1.165, 1.54) is 0 Å². The van der Waals surface area contributed by atoms with Crippen molar-refractivity contribution in [2.24, 2.45) is 0 Å². The molecule has 1 aromatic heterocycles. The molecule has 1 aromatic carbocycles. The van der Waals surface area contributed by atoms with Crippen LogP contribution >= 0.6 is 23.2 Å². The molecule has 1 unspecified atom stereocenters. The van der Waals surface area contributed by atoms with E-state index in [2.05, 4.69) is 10.3 Å². The number of rotatable bonds is 3. The molecule has 1 heterocycles. The fourth-order valence-electron chi connectivity index (χ4n) is 2.04. The number of amides is 1. The zero-order valence-electron chi connectivity index (χ0n) is 11.4. The third-order valence-electron chi connectivity index (χ3n) is 2.96. The Balaban J connectivity index is 2.51. The summed E-state index contributed by atoms with van der Waals surface area (Å²) >= 11 is 12.0. The van der Waals surface area contributed by atoms with Gasteiger partial charge in [0.2, 0.25) is 11.9 Å². The quantitative estimate of drug-likeness (QED) is 0.914. The number of carbonyl (C=O) groups excluding carboxylic acids is 1. The first-order chi connectivity index (χ1) is 9.31. The van der Waals surface area contributed by atoms with Gasteiger partial charge in [-0.3, -0.25) is 9.36 Å². The van der Waals surface area contributed by atoms with Crippen molar-refractivity contribution in [3.8, 4) is 0 Å². The predicted molar refractivity (Wildman–Crippen MR) is 82.2 cm³/mol. The number of halogens is 2. The summed E-state index contributed by atoms with van der Waals surface area (Å²) in [5.74, 6) is 0.127. The smallest absolute Gasteiger partial charge is 0.243 e. The molecular formula is C13H16Cl2N4O. The van der Waals surface area contributed by atoms with Crippen molar-refractivity contribution >= 4 is 46.1 Å². The first-order valence-electron chi connectivity index (χ1n) is 6.24. The van der Waals surface area contributed by atoms with E-state index in [0.29, 0.717) is 21.1 Å². The Bertz CT molecular complexity index is 666. The van der Waals surface area contributed by atoms with Crippen LogP contribution in [-0.2, 0) is 4.79 Å². The SMILES string of the molecule is CC(C)NC(=O)C(C)n1c(N)nc2cc(Cl)c(Cl)cc21. The van der Waals surface area contributed by atoms with Gasteiger partial charge < -0.3 is 11.1 Å². The zero-order chi connectivity index (χ0) is 15.0. The standard InChI is InChI=1S/C13H16Cl2N4O/c1-6(2)17-12(20)7(3)19-11-5-9(15)8(14)4-10(11)18-13(19)16/h4-7H,1-3H3,(H2,16,18)(H,17,20). The van der Waals surface area contributed by atoms with E-state index in [4.69, 9.17) is 28.9 Å². The van der Waals surface area contributed by atoms with Gasteiger partial charge in [0, 0.05) is 6.04 Å². The minimum Gasteiger partial charge on any atom is -0.369 e. The van der Waals surface area contributed by atoms with Crippen LogP contribution in [0.25, 0.3) is 11.0 Å². The first kappa shape index (κ1) is 14.9. The van der Waals surface area contributed by atoms with Crippen molar-refractivity contribution in [1.29, 1.82) is 0 Å². The monoisotopic (exact) mass is 314 g/mol. The summed E-state index contributed by atoms with van der Waals surface area (Å²) in [4.78, 5) is 16.3. The van der Waals surface area contributed by atoms with Gasteiger partial charge in [-0.1, -0.05) is 23.2 Å². The summed E-state index contributed by atoms with van der Waals surface area (Å²) < 4.78 is 1.65. The van der Waals surface area contributed by atoms with Crippen LogP contribution in [0.3, 0.4) is 0 Å². The minimum absolute atomic E-state index is 0.0546. The fourth-order valence-corrected chi connectivity index (χ4v) is 2.35. The molecule has 0 aliphatic rings. The zero-order valence-corrected chi connectivity index (χ0v) is 13.0. The van der Waals surface area contributed by atoms with Gasteiger partial charge >= 0.3 is 0 Å². The molecule has 0 aliphatic heterocycles. The molecule has 20 heavy (non-hydrogen) atoms. The van der Waals surface area contributed by atoms with E-state index in [0.717, 1.165) is 0 Å². The summed E-state index contributed by atoms with van der Waals surface area (Å²) in [6.07, 6.45) is 0. The van der Waals surface area contributed by atoms with E-state index in [1.807, 2.05) is 13.8 Å². The van der Waals surface area contributed by atoms with Gasteiger partial charge in [0.05, 0.1) is 21.1 Å². The number of fused-ring (bicyclic) bond motifs is 1. The van der Waals surface area contributed by atoms with Crippen LogP contribution in [0.4, 0.5) is 5.95 Å². The van der Waals surface area contributed by atoms with Crippen LogP contribution in [0.15, 0.2) is 12.1 Å². The lowest BCUT2D eigenvalue weighted by molar-refractivity contribution is -0.124. The van der Waals surface area contributed by atoms with Crippen molar-refractivity contribution in [2.75, 3.05) is 5.73 Å². The number of benzene rings is 1. The number of anilines is 1. The molecule has 3 N–H and O–H groups in total. The normalized spacial score (nSPS) is 12.9. The Morgan fingerprint density at radius 1 is 1.30 bits per heavy atom. The molecule has 0 radical (unpaired) electrons. The summed E-state index contributed by atoms with van der Waals surface area (Å²) in [6, 6.07) is 2.87. The highest BCUT2D eigenvalue weighted by Gasteiger charge is 2.21. The fraction of sp³-hybridized carbons (Fsp3) is 0.385. The van der Waals surface area contributed by atoms with Crippen molar-refractivity contribution in [3.05, 3.63) is 22.2 Å². The van der Waals surface area contributed by atoms with E-state index >= 15 is 0 Å². The van der Waals surface area contributed by atoms with Gasteiger partial charge in [0.15, 0.2) is 0 Å². The molecule has 0 aliphatic carbocycles. The van der Waals surface area contributed by atoms with E-state index in [9.17, 15) is 4.79 Å². The Labute approximate surface area is 127 Å².